The first-order valence-electron chi connectivity index (χ1n) is 12.6. The molecule has 1 N–H and O–H groups in total. The Hall–Kier alpha value is -2.29. The molecule has 1 unspecified atom stereocenters. The van der Waals surface area contributed by atoms with Crippen LogP contribution in [0.5, 0.6) is 0 Å². The van der Waals surface area contributed by atoms with E-state index in [0.29, 0.717) is 27.7 Å². The summed E-state index contributed by atoms with van der Waals surface area (Å²) in [5, 5.41) is 3.84. The van der Waals surface area contributed by atoms with Crippen LogP contribution in [0.1, 0.15) is 63.6 Å². The molecule has 38 heavy (non-hydrogen) atoms. The summed E-state index contributed by atoms with van der Waals surface area (Å²) in [6.07, 6.45) is 1.90. The van der Waals surface area contributed by atoms with Crippen LogP contribution in [0.4, 0.5) is 5.69 Å². The van der Waals surface area contributed by atoms with E-state index in [1.807, 2.05) is 53.7 Å². The SMILES string of the molecule is CCC(C(=O)NC(C)(C)C)N(Cc1ccc(Cl)cc1Cl)C(=O)CCCN(c1cccc(C)c1C)S(C)(=O)=O. The van der Waals surface area contributed by atoms with Gasteiger partial charge in [0.15, 0.2) is 0 Å². The average molecular weight is 585 g/mol. The number of hydrogen-bond donors (Lipinski definition) is 1. The summed E-state index contributed by atoms with van der Waals surface area (Å²) in [5.41, 5.74) is 2.64. The number of halogens is 2. The molecule has 0 aromatic heterocycles. The quantitative estimate of drug-likeness (QED) is 0.358. The monoisotopic (exact) mass is 583 g/mol. The molecule has 10 heteroatoms. The van der Waals surface area contributed by atoms with Gasteiger partial charge in [-0.3, -0.25) is 13.9 Å². The van der Waals surface area contributed by atoms with E-state index in [4.69, 9.17) is 23.2 Å². The van der Waals surface area contributed by atoms with Gasteiger partial charge in [0.2, 0.25) is 21.8 Å². The molecule has 1 atom stereocenters. The number of amides is 2. The van der Waals surface area contributed by atoms with Crippen molar-refractivity contribution >= 4 is 50.7 Å². The van der Waals surface area contributed by atoms with Crippen molar-refractivity contribution in [3.63, 3.8) is 0 Å². The van der Waals surface area contributed by atoms with Gasteiger partial charge in [-0.05, 0) is 82.3 Å². The van der Waals surface area contributed by atoms with Crippen molar-refractivity contribution in [3.05, 3.63) is 63.1 Å². The lowest BCUT2D eigenvalue weighted by atomic mass is 10.0. The first-order valence-corrected chi connectivity index (χ1v) is 15.2. The van der Waals surface area contributed by atoms with Crippen LogP contribution in [0.15, 0.2) is 36.4 Å². The zero-order valence-corrected chi connectivity index (χ0v) is 25.6. The lowest BCUT2D eigenvalue weighted by molar-refractivity contribution is -0.142. The highest BCUT2D eigenvalue weighted by molar-refractivity contribution is 7.92. The number of hydrogen-bond acceptors (Lipinski definition) is 4. The number of nitrogens with zero attached hydrogens (tertiary/aromatic N) is 2. The zero-order valence-electron chi connectivity index (χ0n) is 23.3. The summed E-state index contributed by atoms with van der Waals surface area (Å²) in [6.45, 7) is 11.6. The van der Waals surface area contributed by atoms with E-state index in [1.165, 1.54) is 9.21 Å². The first-order chi connectivity index (χ1) is 17.5. The molecule has 0 spiro atoms. The lowest BCUT2D eigenvalue weighted by Crippen LogP contribution is -2.53. The Bertz CT molecular complexity index is 1260. The third-order valence-electron chi connectivity index (χ3n) is 6.24. The minimum atomic E-state index is -3.57. The van der Waals surface area contributed by atoms with E-state index < -0.39 is 21.6 Å². The largest absolute Gasteiger partial charge is 0.350 e. The minimum Gasteiger partial charge on any atom is -0.350 e. The highest BCUT2D eigenvalue weighted by atomic mass is 35.5. The van der Waals surface area contributed by atoms with Crippen LogP contribution in [0.25, 0.3) is 0 Å². The molecule has 0 fully saturated rings. The fraction of sp³-hybridized carbons (Fsp3) is 0.500. The van der Waals surface area contributed by atoms with E-state index in [2.05, 4.69) is 5.32 Å². The Morgan fingerprint density at radius 1 is 1.08 bits per heavy atom. The van der Waals surface area contributed by atoms with E-state index >= 15 is 0 Å². The Morgan fingerprint density at radius 3 is 2.29 bits per heavy atom. The molecule has 2 rings (SSSR count). The molecule has 0 heterocycles. The van der Waals surface area contributed by atoms with Gasteiger partial charge < -0.3 is 10.2 Å². The number of carbonyl (C=O) groups excluding carboxylic acids is 2. The fourth-order valence-corrected chi connectivity index (χ4v) is 5.68. The van der Waals surface area contributed by atoms with Crippen LogP contribution in [-0.4, -0.2) is 49.5 Å². The van der Waals surface area contributed by atoms with Gasteiger partial charge in [0.25, 0.3) is 0 Å². The Kier molecular flexibility index (Phi) is 11.1. The lowest BCUT2D eigenvalue weighted by Gasteiger charge is -2.33. The van der Waals surface area contributed by atoms with Crippen molar-refractivity contribution < 1.29 is 18.0 Å². The second-order valence-electron chi connectivity index (χ2n) is 10.6. The molecule has 7 nitrogen and oxygen atoms in total. The highest BCUT2D eigenvalue weighted by Crippen LogP contribution is 2.27. The predicted molar refractivity (Wildman–Crippen MR) is 156 cm³/mol. The van der Waals surface area contributed by atoms with Crippen molar-refractivity contribution in [2.24, 2.45) is 0 Å². The normalized spacial score (nSPS) is 12.7. The molecule has 0 bridgehead atoms. The molecule has 2 amide bonds. The molecular weight excluding hydrogens is 545 g/mol. The topological polar surface area (TPSA) is 86.8 Å². The van der Waals surface area contributed by atoms with Crippen LogP contribution in [0.2, 0.25) is 10.0 Å². The maximum absolute atomic E-state index is 13.6. The molecule has 0 saturated carbocycles. The van der Waals surface area contributed by atoms with Crippen molar-refractivity contribution in [1.82, 2.24) is 10.2 Å². The number of anilines is 1. The standard InChI is InChI=1S/C28H39Cl2N3O4S/c1-8-24(27(35)31-28(4,5)6)32(18-21-14-15-22(29)17-23(21)30)26(34)13-10-16-33(38(7,36)37)25-12-9-11-19(2)20(25)3/h9,11-12,14-15,17,24H,8,10,13,16,18H2,1-7H3,(H,31,35). The number of sulfonamides is 1. The first kappa shape index (κ1) is 31.9. The Morgan fingerprint density at radius 2 is 1.74 bits per heavy atom. The molecule has 2 aromatic rings. The summed E-state index contributed by atoms with van der Waals surface area (Å²) in [5.74, 6) is -0.520. The van der Waals surface area contributed by atoms with Crippen LogP contribution in [0, 0.1) is 13.8 Å². The van der Waals surface area contributed by atoms with E-state index in [-0.39, 0.29) is 37.7 Å². The maximum Gasteiger partial charge on any atom is 0.243 e. The second-order valence-corrected chi connectivity index (χ2v) is 13.3. The molecule has 2 aromatic carbocycles. The van der Waals surface area contributed by atoms with E-state index in [0.717, 1.165) is 17.4 Å². The van der Waals surface area contributed by atoms with Gasteiger partial charge in [-0.15, -0.1) is 0 Å². The van der Waals surface area contributed by atoms with Gasteiger partial charge in [-0.2, -0.15) is 0 Å². The van der Waals surface area contributed by atoms with Gasteiger partial charge in [0.1, 0.15) is 6.04 Å². The summed E-state index contributed by atoms with van der Waals surface area (Å²) >= 11 is 12.5. The van der Waals surface area contributed by atoms with Crippen molar-refractivity contribution in [1.29, 1.82) is 0 Å². The van der Waals surface area contributed by atoms with E-state index in [1.54, 1.807) is 24.3 Å². The van der Waals surface area contributed by atoms with Crippen molar-refractivity contribution in [2.75, 3.05) is 17.1 Å². The highest BCUT2D eigenvalue weighted by Gasteiger charge is 2.31. The molecular formula is C28H39Cl2N3O4S. The number of rotatable bonds is 11. The van der Waals surface area contributed by atoms with Gasteiger partial charge >= 0.3 is 0 Å². The smallest absolute Gasteiger partial charge is 0.243 e. The number of carbonyl (C=O) groups is 2. The molecule has 0 radical (unpaired) electrons. The van der Waals surface area contributed by atoms with Gasteiger partial charge in [0.05, 0.1) is 11.9 Å². The molecule has 0 aliphatic rings. The number of aryl methyl sites for hydroxylation is 1. The molecule has 0 saturated heterocycles. The summed E-state index contributed by atoms with van der Waals surface area (Å²) < 4.78 is 26.6. The van der Waals surface area contributed by atoms with Crippen LogP contribution in [0.3, 0.4) is 0 Å². The van der Waals surface area contributed by atoms with E-state index in [9.17, 15) is 18.0 Å². The summed E-state index contributed by atoms with van der Waals surface area (Å²) in [6, 6.07) is 9.82. The maximum atomic E-state index is 13.6. The van der Waals surface area contributed by atoms with Gasteiger partial charge in [-0.1, -0.05) is 48.3 Å². The Labute approximate surface area is 237 Å². The third-order valence-corrected chi connectivity index (χ3v) is 8.00. The Balaban J connectivity index is 2.31. The number of nitrogens with one attached hydrogen (secondary N) is 1. The average Bonchev–Trinajstić information content (AvgIpc) is 2.78. The van der Waals surface area contributed by atoms with Crippen LogP contribution >= 0.6 is 23.2 Å². The molecule has 210 valence electrons. The zero-order chi connectivity index (χ0) is 28.8. The fourth-order valence-electron chi connectivity index (χ4n) is 4.19. The second kappa shape index (κ2) is 13.2. The summed E-state index contributed by atoms with van der Waals surface area (Å²) in [7, 11) is -3.57. The van der Waals surface area contributed by atoms with Crippen LogP contribution in [-0.2, 0) is 26.2 Å². The molecule has 0 aliphatic carbocycles. The van der Waals surface area contributed by atoms with Crippen molar-refractivity contribution in [3.8, 4) is 0 Å². The molecule has 0 aliphatic heterocycles. The predicted octanol–water partition coefficient (Wildman–Crippen LogP) is 5.88. The van der Waals surface area contributed by atoms with Crippen molar-refractivity contribution in [2.45, 2.75) is 78.9 Å². The number of benzene rings is 2. The van der Waals surface area contributed by atoms with Gasteiger partial charge in [0, 0.05) is 35.1 Å². The van der Waals surface area contributed by atoms with Crippen LogP contribution < -0.4 is 9.62 Å². The minimum absolute atomic E-state index is 0.0569. The van der Waals surface area contributed by atoms with Gasteiger partial charge in [-0.25, -0.2) is 8.42 Å². The third kappa shape index (κ3) is 8.89. The summed E-state index contributed by atoms with van der Waals surface area (Å²) in [4.78, 5) is 28.3.